The fraction of sp³-hybridized carbons (Fsp3) is 1.00. The Hall–Kier alpha value is -0.160. The smallest absolute Gasteiger partial charge is 0.0594 e. The van der Waals surface area contributed by atoms with Crippen LogP contribution >= 0.6 is 0 Å². The quantitative estimate of drug-likeness (QED) is 0.575. The number of morpholine rings is 1. The van der Waals surface area contributed by atoms with Gasteiger partial charge in [-0.15, -0.1) is 0 Å². The zero-order chi connectivity index (χ0) is 8.81. The highest BCUT2D eigenvalue weighted by Gasteiger charge is 2.18. The van der Waals surface area contributed by atoms with E-state index in [0.29, 0.717) is 6.54 Å². The fourth-order valence-electron chi connectivity index (χ4n) is 1.52. The molecule has 0 saturated carbocycles. The highest BCUT2D eigenvalue weighted by molar-refractivity contribution is 4.73. The average molecular weight is 174 g/mol. The van der Waals surface area contributed by atoms with Crippen LogP contribution in [-0.4, -0.2) is 55.5 Å². The predicted molar refractivity (Wildman–Crippen MR) is 46.9 cm³/mol. The SMILES string of the molecule is NCCC(CO)N1CCOCC1. The molecule has 1 saturated heterocycles. The molecule has 0 aromatic carbocycles. The van der Waals surface area contributed by atoms with Gasteiger partial charge in [-0.25, -0.2) is 0 Å². The van der Waals surface area contributed by atoms with Crippen LogP contribution in [0.2, 0.25) is 0 Å². The van der Waals surface area contributed by atoms with Crippen molar-refractivity contribution >= 4 is 0 Å². The molecule has 0 amide bonds. The lowest BCUT2D eigenvalue weighted by atomic mass is 10.2. The summed E-state index contributed by atoms with van der Waals surface area (Å²) in [5.74, 6) is 0. The van der Waals surface area contributed by atoms with Gasteiger partial charge in [0.05, 0.1) is 19.8 Å². The van der Waals surface area contributed by atoms with Crippen molar-refractivity contribution in [2.45, 2.75) is 12.5 Å². The number of rotatable bonds is 4. The monoisotopic (exact) mass is 174 g/mol. The first-order chi connectivity index (χ1) is 5.88. The summed E-state index contributed by atoms with van der Waals surface area (Å²) >= 11 is 0. The van der Waals surface area contributed by atoms with Crippen LogP contribution in [0, 0.1) is 0 Å². The van der Waals surface area contributed by atoms with Crippen molar-refractivity contribution in [2.75, 3.05) is 39.5 Å². The molecular formula is C8H18N2O2. The standard InChI is InChI=1S/C8H18N2O2/c9-2-1-8(7-11)10-3-5-12-6-4-10/h8,11H,1-7,9H2. The van der Waals surface area contributed by atoms with Crippen LogP contribution in [0.25, 0.3) is 0 Å². The lowest BCUT2D eigenvalue weighted by Gasteiger charge is -2.33. The van der Waals surface area contributed by atoms with Crippen molar-refractivity contribution in [1.29, 1.82) is 0 Å². The van der Waals surface area contributed by atoms with Gasteiger partial charge in [0, 0.05) is 19.1 Å². The zero-order valence-corrected chi connectivity index (χ0v) is 7.41. The maximum absolute atomic E-state index is 9.07. The first kappa shape index (κ1) is 9.92. The topological polar surface area (TPSA) is 58.7 Å². The Morgan fingerprint density at radius 2 is 2.08 bits per heavy atom. The van der Waals surface area contributed by atoms with Gasteiger partial charge in [0.15, 0.2) is 0 Å². The molecule has 12 heavy (non-hydrogen) atoms. The molecule has 1 atom stereocenters. The minimum absolute atomic E-state index is 0.206. The molecule has 0 aliphatic carbocycles. The van der Waals surface area contributed by atoms with Gasteiger partial charge < -0.3 is 15.6 Å². The summed E-state index contributed by atoms with van der Waals surface area (Å²) in [7, 11) is 0. The third-order valence-corrected chi connectivity index (χ3v) is 2.27. The van der Waals surface area contributed by atoms with Crippen molar-refractivity contribution in [2.24, 2.45) is 5.73 Å². The minimum Gasteiger partial charge on any atom is -0.395 e. The molecule has 0 spiro atoms. The maximum Gasteiger partial charge on any atom is 0.0594 e. The molecule has 0 radical (unpaired) electrons. The molecule has 4 heteroatoms. The summed E-state index contributed by atoms with van der Waals surface area (Å²) in [6, 6.07) is 0.235. The van der Waals surface area contributed by atoms with Crippen LogP contribution in [-0.2, 0) is 4.74 Å². The van der Waals surface area contributed by atoms with Crippen LogP contribution in [0.3, 0.4) is 0 Å². The minimum atomic E-state index is 0.206. The molecule has 0 aromatic rings. The van der Waals surface area contributed by atoms with E-state index >= 15 is 0 Å². The van der Waals surface area contributed by atoms with E-state index in [4.69, 9.17) is 15.6 Å². The van der Waals surface area contributed by atoms with Gasteiger partial charge in [0.1, 0.15) is 0 Å². The van der Waals surface area contributed by atoms with E-state index < -0.39 is 0 Å². The van der Waals surface area contributed by atoms with Gasteiger partial charge in [0.25, 0.3) is 0 Å². The van der Waals surface area contributed by atoms with E-state index in [-0.39, 0.29) is 12.6 Å². The molecule has 4 nitrogen and oxygen atoms in total. The summed E-state index contributed by atoms with van der Waals surface area (Å²) < 4.78 is 5.22. The number of hydrogen-bond acceptors (Lipinski definition) is 4. The second-order valence-electron chi connectivity index (χ2n) is 3.06. The van der Waals surface area contributed by atoms with E-state index in [1.165, 1.54) is 0 Å². The summed E-state index contributed by atoms with van der Waals surface area (Å²) in [6.45, 7) is 4.25. The van der Waals surface area contributed by atoms with Crippen molar-refractivity contribution in [3.8, 4) is 0 Å². The zero-order valence-electron chi connectivity index (χ0n) is 7.41. The van der Waals surface area contributed by atoms with E-state index in [0.717, 1.165) is 32.7 Å². The first-order valence-electron chi connectivity index (χ1n) is 4.51. The van der Waals surface area contributed by atoms with Crippen LogP contribution in [0.5, 0.6) is 0 Å². The molecule has 0 bridgehead atoms. The number of aliphatic hydroxyl groups excluding tert-OH is 1. The number of aliphatic hydroxyl groups is 1. The number of hydrogen-bond donors (Lipinski definition) is 2. The van der Waals surface area contributed by atoms with E-state index in [1.54, 1.807) is 0 Å². The molecule has 1 heterocycles. The molecule has 1 aliphatic heterocycles. The van der Waals surface area contributed by atoms with Crippen molar-refractivity contribution in [3.05, 3.63) is 0 Å². The van der Waals surface area contributed by atoms with E-state index in [2.05, 4.69) is 4.90 Å². The van der Waals surface area contributed by atoms with Crippen LogP contribution in [0.1, 0.15) is 6.42 Å². The van der Waals surface area contributed by atoms with E-state index in [1.807, 2.05) is 0 Å². The van der Waals surface area contributed by atoms with Gasteiger partial charge in [0.2, 0.25) is 0 Å². The Morgan fingerprint density at radius 1 is 1.42 bits per heavy atom. The third kappa shape index (κ3) is 2.71. The lowest BCUT2D eigenvalue weighted by molar-refractivity contribution is 0.00182. The van der Waals surface area contributed by atoms with Gasteiger partial charge in [-0.3, -0.25) is 4.90 Å². The molecule has 72 valence electrons. The Labute approximate surface area is 73.3 Å². The highest BCUT2D eigenvalue weighted by Crippen LogP contribution is 2.05. The molecule has 3 N–H and O–H groups in total. The third-order valence-electron chi connectivity index (χ3n) is 2.27. The number of nitrogens with zero attached hydrogens (tertiary/aromatic N) is 1. The Balaban J connectivity index is 2.29. The molecule has 1 fully saturated rings. The van der Waals surface area contributed by atoms with Gasteiger partial charge >= 0.3 is 0 Å². The second-order valence-corrected chi connectivity index (χ2v) is 3.06. The molecule has 1 unspecified atom stereocenters. The van der Waals surface area contributed by atoms with Crippen LogP contribution < -0.4 is 5.73 Å². The van der Waals surface area contributed by atoms with Crippen molar-refractivity contribution in [1.82, 2.24) is 4.90 Å². The summed E-state index contributed by atoms with van der Waals surface area (Å²) in [4.78, 5) is 2.25. The molecule has 0 aromatic heterocycles. The average Bonchev–Trinajstić information content (AvgIpc) is 2.15. The van der Waals surface area contributed by atoms with Crippen LogP contribution in [0.4, 0.5) is 0 Å². The summed E-state index contributed by atoms with van der Waals surface area (Å²) in [5, 5.41) is 9.07. The second kappa shape index (κ2) is 5.48. The fourth-order valence-corrected chi connectivity index (χ4v) is 1.52. The highest BCUT2D eigenvalue weighted by atomic mass is 16.5. The van der Waals surface area contributed by atoms with Gasteiger partial charge in [-0.05, 0) is 13.0 Å². The summed E-state index contributed by atoms with van der Waals surface area (Å²) in [6.07, 6.45) is 0.872. The van der Waals surface area contributed by atoms with Crippen molar-refractivity contribution in [3.63, 3.8) is 0 Å². The Morgan fingerprint density at radius 3 is 2.58 bits per heavy atom. The molecule has 1 rings (SSSR count). The predicted octanol–water partition coefficient (Wildman–Crippen LogP) is -0.972. The van der Waals surface area contributed by atoms with E-state index in [9.17, 15) is 0 Å². The Bertz CT molecular complexity index is 113. The van der Waals surface area contributed by atoms with Gasteiger partial charge in [-0.1, -0.05) is 0 Å². The largest absolute Gasteiger partial charge is 0.395 e. The number of nitrogens with two attached hydrogens (primary N) is 1. The molecular weight excluding hydrogens is 156 g/mol. The molecule has 1 aliphatic rings. The first-order valence-corrected chi connectivity index (χ1v) is 4.51. The number of ether oxygens (including phenoxy) is 1. The maximum atomic E-state index is 9.07. The normalized spacial score (nSPS) is 22.5. The lowest BCUT2D eigenvalue weighted by Crippen LogP contribution is -2.46. The van der Waals surface area contributed by atoms with Crippen LogP contribution in [0.15, 0.2) is 0 Å². The van der Waals surface area contributed by atoms with Crippen molar-refractivity contribution < 1.29 is 9.84 Å². The van der Waals surface area contributed by atoms with Gasteiger partial charge in [-0.2, -0.15) is 0 Å². The summed E-state index contributed by atoms with van der Waals surface area (Å²) in [5.41, 5.74) is 5.44. The Kier molecular flexibility index (Phi) is 4.53.